The molecule has 0 aliphatic rings. The van der Waals surface area contributed by atoms with Gasteiger partial charge in [-0.2, -0.15) is 0 Å². The summed E-state index contributed by atoms with van der Waals surface area (Å²) in [6.45, 7) is 10.1. The minimum Gasteiger partial charge on any atom is -0.394 e. The van der Waals surface area contributed by atoms with E-state index in [9.17, 15) is 0 Å². The first-order valence-electron chi connectivity index (χ1n) is 4.77. The van der Waals surface area contributed by atoms with Crippen molar-refractivity contribution in [3.63, 3.8) is 0 Å². The van der Waals surface area contributed by atoms with Crippen molar-refractivity contribution in [1.29, 1.82) is 0 Å². The summed E-state index contributed by atoms with van der Waals surface area (Å²) in [6, 6.07) is 0. The monoisotopic (exact) mass is 188 g/mol. The number of rotatable bonds is 5. The van der Waals surface area contributed by atoms with E-state index in [0.717, 1.165) is 6.54 Å². The van der Waals surface area contributed by atoms with E-state index in [0.29, 0.717) is 6.54 Å². The van der Waals surface area contributed by atoms with Crippen molar-refractivity contribution in [2.24, 2.45) is 11.1 Å². The highest BCUT2D eigenvalue weighted by Crippen LogP contribution is 2.19. The highest BCUT2D eigenvalue weighted by Gasteiger charge is 2.27. The second kappa shape index (κ2) is 4.40. The first kappa shape index (κ1) is 12.9. The van der Waals surface area contributed by atoms with Gasteiger partial charge in [0.2, 0.25) is 0 Å². The van der Waals surface area contributed by atoms with Crippen LogP contribution in [-0.2, 0) is 0 Å². The van der Waals surface area contributed by atoms with Gasteiger partial charge in [-0.3, -0.25) is 4.90 Å². The second-order valence-electron chi connectivity index (χ2n) is 5.19. The van der Waals surface area contributed by atoms with Crippen LogP contribution in [0.3, 0.4) is 0 Å². The maximum absolute atomic E-state index is 9.16. The fraction of sp³-hybridized carbons (Fsp3) is 1.00. The molecule has 0 heterocycles. The molecule has 0 aliphatic heterocycles. The smallest absolute Gasteiger partial charge is 0.0609 e. The molecule has 3 N–H and O–H groups in total. The average Bonchev–Trinajstić information content (AvgIpc) is 2.04. The van der Waals surface area contributed by atoms with Crippen molar-refractivity contribution in [3.05, 3.63) is 0 Å². The van der Waals surface area contributed by atoms with E-state index in [1.54, 1.807) is 0 Å². The highest BCUT2D eigenvalue weighted by atomic mass is 16.3. The third-order valence-electron chi connectivity index (χ3n) is 2.64. The predicted octanol–water partition coefficient (Wildman–Crippen LogP) is 0.674. The van der Waals surface area contributed by atoms with E-state index in [-0.39, 0.29) is 17.6 Å². The molecule has 13 heavy (non-hydrogen) atoms. The maximum atomic E-state index is 9.16. The number of aliphatic hydroxyl groups is 1. The van der Waals surface area contributed by atoms with Gasteiger partial charge in [0.05, 0.1) is 6.61 Å². The zero-order valence-corrected chi connectivity index (χ0v) is 9.59. The lowest BCUT2D eigenvalue weighted by molar-refractivity contribution is 0.0519. The number of hydrogen-bond acceptors (Lipinski definition) is 3. The lowest BCUT2D eigenvalue weighted by Crippen LogP contribution is -2.49. The molecule has 0 fully saturated rings. The van der Waals surface area contributed by atoms with Crippen molar-refractivity contribution in [1.82, 2.24) is 4.90 Å². The van der Waals surface area contributed by atoms with Crippen molar-refractivity contribution in [2.45, 2.75) is 33.2 Å². The lowest BCUT2D eigenvalue weighted by Gasteiger charge is -2.39. The predicted molar refractivity (Wildman–Crippen MR) is 56.6 cm³/mol. The van der Waals surface area contributed by atoms with Gasteiger partial charge in [-0.15, -0.1) is 0 Å². The Morgan fingerprint density at radius 3 is 2.00 bits per heavy atom. The van der Waals surface area contributed by atoms with Crippen LogP contribution in [0.4, 0.5) is 0 Å². The standard InChI is InChI=1S/C10H24N2O/c1-9(2,6-11)7-12(5)10(3,4)8-13/h13H,6-8,11H2,1-5H3. The summed E-state index contributed by atoms with van der Waals surface area (Å²) in [4.78, 5) is 2.15. The van der Waals surface area contributed by atoms with Crippen LogP contribution in [0, 0.1) is 5.41 Å². The summed E-state index contributed by atoms with van der Waals surface area (Å²) in [5.74, 6) is 0. The minimum absolute atomic E-state index is 0.112. The van der Waals surface area contributed by atoms with Gasteiger partial charge in [0.1, 0.15) is 0 Å². The summed E-state index contributed by atoms with van der Waals surface area (Å²) in [5.41, 5.74) is 5.60. The fourth-order valence-corrected chi connectivity index (χ4v) is 1.04. The van der Waals surface area contributed by atoms with Gasteiger partial charge in [0, 0.05) is 12.1 Å². The summed E-state index contributed by atoms with van der Waals surface area (Å²) in [5, 5.41) is 9.16. The Morgan fingerprint density at radius 2 is 1.69 bits per heavy atom. The third kappa shape index (κ3) is 4.07. The zero-order valence-electron chi connectivity index (χ0n) is 9.59. The van der Waals surface area contributed by atoms with Crippen LogP contribution in [0.5, 0.6) is 0 Å². The Morgan fingerprint density at radius 1 is 1.23 bits per heavy atom. The molecule has 0 saturated carbocycles. The van der Waals surface area contributed by atoms with Gasteiger partial charge in [-0.1, -0.05) is 13.8 Å². The molecule has 0 unspecified atom stereocenters. The quantitative estimate of drug-likeness (QED) is 0.667. The normalized spacial score (nSPS) is 13.8. The van der Waals surface area contributed by atoms with E-state index >= 15 is 0 Å². The molecule has 0 aromatic rings. The van der Waals surface area contributed by atoms with Crippen molar-refractivity contribution in [3.8, 4) is 0 Å². The Balaban J connectivity index is 4.22. The maximum Gasteiger partial charge on any atom is 0.0609 e. The van der Waals surface area contributed by atoms with Crippen LogP contribution in [-0.4, -0.2) is 42.3 Å². The van der Waals surface area contributed by atoms with Gasteiger partial charge in [0.25, 0.3) is 0 Å². The van der Waals surface area contributed by atoms with E-state index in [2.05, 4.69) is 18.7 Å². The largest absolute Gasteiger partial charge is 0.394 e. The number of hydrogen-bond donors (Lipinski definition) is 2. The summed E-state index contributed by atoms with van der Waals surface area (Å²) in [6.07, 6.45) is 0. The Labute approximate surface area is 81.9 Å². The van der Waals surface area contributed by atoms with Crippen molar-refractivity contribution < 1.29 is 5.11 Å². The summed E-state index contributed by atoms with van der Waals surface area (Å²) < 4.78 is 0. The molecule has 0 rings (SSSR count). The SMILES string of the molecule is CN(CC(C)(C)CN)C(C)(C)CO. The van der Waals surface area contributed by atoms with Gasteiger partial charge in [-0.05, 0) is 32.9 Å². The number of nitrogens with two attached hydrogens (primary N) is 1. The molecular formula is C10H24N2O. The van der Waals surface area contributed by atoms with E-state index in [1.165, 1.54) is 0 Å². The first-order valence-corrected chi connectivity index (χ1v) is 4.77. The molecule has 0 bridgehead atoms. The van der Waals surface area contributed by atoms with Crippen LogP contribution in [0.2, 0.25) is 0 Å². The molecule has 0 atom stereocenters. The van der Waals surface area contributed by atoms with Crippen LogP contribution >= 0.6 is 0 Å². The number of aliphatic hydroxyl groups excluding tert-OH is 1. The zero-order chi connectivity index (χ0) is 10.7. The molecule has 0 amide bonds. The molecule has 0 radical (unpaired) electrons. The Kier molecular flexibility index (Phi) is 4.36. The minimum atomic E-state index is -0.160. The summed E-state index contributed by atoms with van der Waals surface area (Å²) in [7, 11) is 2.02. The van der Waals surface area contributed by atoms with Crippen LogP contribution in [0.25, 0.3) is 0 Å². The molecule has 0 aromatic carbocycles. The van der Waals surface area contributed by atoms with Crippen molar-refractivity contribution in [2.75, 3.05) is 26.7 Å². The van der Waals surface area contributed by atoms with E-state index in [1.807, 2.05) is 20.9 Å². The highest BCUT2D eigenvalue weighted by molar-refractivity contribution is 4.83. The second-order valence-corrected chi connectivity index (χ2v) is 5.19. The summed E-state index contributed by atoms with van der Waals surface area (Å²) >= 11 is 0. The van der Waals surface area contributed by atoms with Gasteiger partial charge >= 0.3 is 0 Å². The Bertz CT molecular complexity index is 155. The molecule has 3 nitrogen and oxygen atoms in total. The molecule has 0 aliphatic carbocycles. The third-order valence-corrected chi connectivity index (χ3v) is 2.64. The van der Waals surface area contributed by atoms with E-state index < -0.39 is 0 Å². The molecule has 0 aromatic heterocycles. The molecule has 80 valence electrons. The van der Waals surface area contributed by atoms with Gasteiger partial charge in [-0.25, -0.2) is 0 Å². The van der Waals surface area contributed by atoms with Gasteiger partial charge in [0.15, 0.2) is 0 Å². The van der Waals surface area contributed by atoms with Crippen LogP contribution < -0.4 is 5.73 Å². The van der Waals surface area contributed by atoms with Crippen LogP contribution in [0.1, 0.15) is 27.7 Å². The van der Waals surface area contributed by atoms with Gasteiger partial charge < -0.3 is 10.8 Å². The molecular weight excluding hydrogens is 164 g/mol. The lowest BCUT2D eigenvalue weighted by atomic mass is 9.91. The topological polar surface area (TPSA) is 49.5 Å². The Hall–Kier alpha value is -0.120. The van der Waals surface area contributed by atoms with Crippen LogP contribution in [0.15, 0.2) is 0 Å². The molecule has 0 saturated heterocycles. The molecule has 3 heteroatoms. The fourth-order valence-electron chi connectivity index (χ4n) is 1.04. The average molecular weight is 188 g/mol. The first-order chi connectivity index (χ1) is 5.75. The molecule has 0 spiro atoms. The number of nitrogens with zero attached hydrogens (tertiary/aromatic N) is 1. The number of likely N-dealkylation sites (N-methyl/N-ethyl adjacent to an activating group) is 1. The van der Waals surface area contributed by atoms with E-state index in [4.69, 9.17) is 10.8 Å². The van der Waals surface area contributed by atoms with Crippen molar-refractivity contribution >= 4 is 0 Å².